The molecule has 0 saturated heterocycles. The Bertz CT molecular complexity index is 3530. The van der Waals surface area contributed by atoms with Gasteiger partial charge < -0.3 is 4.57 Å². The number of benzene rings is 8. The Labute approximate surface area is 335 Å². The van der Waals surface area contributed by atoms with Gasteiger partial charge in [0.25, 0.3) is 0 Å². The van der Waals surface area contributed by atoms with Crippen molar-refractivity contribution in [1.82, 2.24) is 19.5 Å². The van der Waals surface area contributed by atoms with E-state index in [0.29, 0.717) is 17.5 Å². The van der Waals surface area contributed by atoms with Crippen molar-refractivity contribution in [2.24, 2.45) is 0 Å². The monoisotopic (exact) mass is 762 g/mol. The Morgan fingerprint density at radius 3 is 1.82 bits per heavy atom. The smallest absolute Gasteiger partial charge is 0.165 e. The van der Waals surface area contributed by atoms with Crippen LogP contribution in [0.2, 0.25) is 0 Å². The van der Waals surface area contributed by atoms with E-state index in [1.165, 1.54) is 68.6 Å². The fraction of sp³-hybridized carbons (Fsp3) is 0. The number of nitrogens with zero attached hydrogens (tertiary/aromatic N) is 4. The SMILES string of the molecule is c1ccc(-c2cccc(-n3c4ccccc4c4ccc5c6cccc(-c7nc(-c8ccccc8)nc(-c8ccc9c(c8)sc8ccccc89)n7)c6sc5c43)c2)cc1. The second-order valence-corrected chi connectivity index (χ2v) is 16.5. The van der Waals surface area contributed by atoms with E-state index in [1.54, 1.807) is 11.3 Å². The lowest BCUT2D eigenvalue weighted by Gasteiger charge is -2.11. The number of fused-ring (bicyclic) bond motifs is 10. The van der Waals surface area contributed by atoms with E-state index in [-0.39, 0.29) is 0 Å². The number of para-hydroxylation sites is 1. The van der Waals surface area contributed by atoms with E-state index in [1.807, 2.05) is 29.5 Å². The van der Waals surface area contributed by atoms with Crippen LogP contribution in [-0.2, 0) is 0 Å². The quantitative estimate of drug-likeness (QED) is 0.175. The van der Waals surface area contributed by atoms with E-state index in [9.17, 15) is 0 Å². The molecule has 0 aliphatic carbocycles. The van der Waals surface area contributed by atoms with E-state index < -0.39 is 0 Å². The van der Waals surface area contributed by atoms with Crippen molar-refractivity contribution >= 4 is 84.8 Å². The van der Waals surface area contributed by atoms with Gasteiger partial charge in [-0.1, -0.05) is 146 Å². The third kappa shape index (κ3) is 5.15. The second-order valence-electron chi connectivity index (χ2n) is 14.4. The first-order valence-electron chi connectivity index (χ1n) is 19.0. The van der Waals surface area contributed by atoms with Crippen LogP contribution in [0.3, 0.4) is 0 Å². The fourth-order valence-electron chi connectivity index (χ4n) is 8.41. The highest BCUT2D eigenvalue weighted by Gasteiger charge is 2.21. The molecule has 0 spiro atoms. The number of rotatable bonds is 5. The first-order chi connectivity index (χ1) is 28.2. The molecule has 0 N–H and O–H groups in total. The summed E-state index contributed by atoms with van der Waals surface area (Å²) in [6, 6.07) is 64.9. The molecule has 8 aromatic carbocycles. The van der Waals surface area contributed by atoms with Crippen molar-refractivity contribution in [2.45, 2.75) is 0 Å². The van der Waals surface area contributed by atoms with Gasteiger partial charge in [-0.15, -0.1) is 22.7 Å². The minimum Gasteiger partial charge on any atom is -0.308 e. The zero-order chi connectivity index (χ0) is 37.5. The zero-order valence-corrected chi connectivity index (χ0v) is 32.1. The zero-order valence-electron chi connectivity index (χ0n) is 30.4. The molecule has 4 nitrogen and oxygen atoms in total. The summed E-state index contributed by atoms with van der Waals surface area (Å²) in [5, 5.41) is 7.42. The average molecular weight is 763 g/mol. The topological polar surface area (TPSA) is 43.6 Å². The van der Waals surface area contributed by atoms with Gasteiger partial charge in [0.2, 0.25) is 0 Å². The van der Waals surface area contributed by atoms with Crippen LogP contribution in [0.5, 0.6) is 0 Å². The molecule has 0 atom stereocenters. The Hall–Kier alpha value is -6.99. The van der Waals surface area contributed by atoms with Gasteiger partial charge in [0.1, 0.15) is 0 Å². The molecule has 0 fully saturated rings. The van der Waals surface area contributed by atoms with Gasteiger partial charge in [-0.05, 0) is 47.5 Å². The third-order valence-electron chi connectivity index (χ3n) is 11.1. The molecule has 0 saturated carbocycles. The molecule has 0 unspecified atom stereocenters. The lowest BCUT2D eigenvalue weighted by Crippen LogP contribution is -2.00. The summed E-state index contributed by atoms with van der Waals surface area (Å²) in [5.41, 5.74) is 8.86. The molecule has 0 aliphatic heterocycles. The standard InChI is InChI=1S/C51H30N4S2/c1-3-13-31(14-4-1)33-17-11-18-35(29-33)55-43-23-9-7-19-36(43)39-27-28-41-40-21-12-22-42(47(40)57-48(41)46(39)55)51-53-49(32-15-5-2-6-16-32)52-50(54-51)34-25-26-38-37-20-8-10-24-44(37)56-45(38)30-34/h1-30H. The van der Waals surface area contributed by atoms with Gasteiger partial charge in [-0.3, -0.25) is 0 Å². The summed E-state index contributed by atoms with van der Waals surface area (Å²) < 4.78 is 7.35. The van der Waals surface area contributed by atoms with Gasteiger partial charge in [-0.2, -0.15) is 0 Å². The second kappa shape index (κ2) is 12.8. The van der Waals surface area contributed by atoms with Gasteiger partial charge in [0, 0.05) is 68.8 Å². The summed E-state index contributed by atoms with van der Waals surface area (Å²) in [6.07, 6.45) is 0. The van der Waals surface area contributed by atoms with Crippen LogP contribution >= 0.6 is 22.7 Å². The first-order valence-corrected chi connectivity index (χ1v) is 20.7. The maximum Gasteiger partial charge on any atom is 0.165 e. The largest absolute Gasteiger partial charge is 0.308 e. The Morgan fingerprint density at radius 2 is 0.965 bits per heavy atom. The Balaban J connectivity index is 1.09. The highest BCUT2D eigenvalue weighted by atomic mass is 32.1. The minimum atomic E-state index is 0.658. The summed E-state index contributed by atoms with van der Waals surface area (Å²) >= 11 is 3.63. The predicted molar refractivity (Wildman–Crippen MR) is 242 cm³/mol. The number of thiophene rings is 2. The number of aromatic nitrogens is 4. The van der Waals surface area contributed by atoms with Crippen LogP contribution in [0.1, 0.15) is 0 Å². The minimum absolute atomic E-state index is 0.658. The van der Waals surface area contributed by atoms with Crippen molar-refractivity contribution in [3.05, 3.63) is 182 Å². The molecule has 6 heteroatoms. The Morgan fingerprint density at radius 1 is 0.351 bits per heavy atom. The molecule has 0 amide bonds. The van der Waals surface area contributed by atoms with E-state index in [4.69, 9.17) is 15.0 Å². The maximum absolute atomic E-state index is 5.27. The fourth-order valence-corrected chi connectivity index (χ4v) is 10.9. The van der Waals surface area contributed by atoms with Gasteiger partial charge in [0.05, 0.1) is 15.7 Å². The average Bonchev–Trinajstić information content (AvgIpc) is 3.96. The molecule has 57 heavy (non-hydrogen) atoms. The van der Waals surface area contributed by atoms with Crippen LogP contribution in [0.4, 0.5) is 0 Å². The van der Waals surface area contributed by atoms with Crippen molar-refractivity contribution in [2.75, 3.05) is 0 Å². The molecular formula is C51H30N4S2. The molecular weight excluding hydrogens is 733 g/mol. The molecule has 4 heterocycles. The van der Waals surface area contributed by atoms with E-state index >= 15 is 0 Å². The van der Waals surface area contributed by atoms with Crippen LogP contribution in [0, 0.1) is 0 Å². The van der Waals surface area contributed by atoms with Crippen LogP contribution in [0.15, 0.2) is 182 Å². The lowest BCUT2D eigenvalue weighted by molar-refractivity contribution is 1.08. The Kier molecular flexibility index (Phi) is 7.24. The summed E-state index contributed by atoms with van der Waals surface area (Å²) in [5.74, 6) is 1.99. The van der Waals surface area contributed by atoms with Crippen LogP contribution in [-0.4, -0.2) is 19.5 Å². The molecule has 12 rings (SSSR count). The summed E-state index contributed by atoms with van der Waals surface area (Å²) in [6.45, 7) is 0. The molecule has 266 valence electrons. The highest BCUT2D eigenvalue weighted by molar-refractivity contribution is 7.27. The van der Waals surface area contributed by atoms with Crippen molar-refractivity contribution in [3.63, 3.8) is 0 Å². The van der Waals surface area contributed by atoms with Crippen molar-refractivity contribution in [1.29, 1.82) is 0 Å². The van der Waals surface area contributed by atoms with Crippen LogP contribution in [0.25, 0.3) is 113 Å². The van der Waals surface area contributed by atoms with Gasteiger partial charge in [-0.25, -0.2) is 15.0 Å². The molecule has 4 aromatic heterocycles. The highest BCUT2D eigenvalue weighted by Crippen LogP contribution is 2.46. The van der Waals surface area contributed by atoms with Gasteiger partial charge in [0.15, 0.2) is 17.5 Å². The number of hydrogen-bond donors (Lipinski definition) is 0. The maximum atomic E-state index is 5.27. The van der Waals surface area contributed by atoms with E-state index in [0.717, 1.165) is 27.1 Å². The molecule has 0 bridgehead atoms. The predicted octanol–water partition coefficient (Wildman–Crippen LogP) is 14.4. The molecule has 0 radical (unpaired) electrons. The van der Waals surface area contributed by atoms with E-state index in [2.05, 4.69) is 168 Å². The lowest BCUT2D eigenvalue weighted by atomic mass is 10.0. The normalized spacial score (nSPS) is 11.9. The third-order valence-corrected chi connectivity index (χ3v) is 13.5. The summed E-state index contributed by atoms with van der Waals surface area (Å²) in [7, 11) is 0. The van der Waals surface area contributed by atoms with Crippen molar-refractivity contribution in [3.8, 4) is 51.0 Å². The first kappa shape index (κ1) is 32.3. The summed E-state index contributed by atoms with van der Waals surface area (Å²) in [4.78, 5) is 15.6. The van der Waals surface area contributed by atoms with Crippen molar-refractivity contribution < 1.29 is 0 Å². The molecule has 12 aromatic rings. The van der Waals surface area contributed by atoms with Gasteiger partial charge >= 0.3 is 0 Å². The van der Waals surface area contributed by atoms with Crippen LogP contribution < -0.4 is 0 Å². The number of hydrogen-bond acceptors (Lipinski definition) is 5. The molecule has 0 aliphatic rings.